The van der Waals surface area contributed by atoms with Crippen molar-refractivity contribution in [3.05, 3.63) is 84.2 Å². The fourth-order valence-corrected chi connectivity index (χ4v) is 4.13. The molecule has 2 atom stereocenters. The van der Waals surface area contributed by atoms with Gasteiger partial charge < -0.3 is 26.0 Å². The number of benzene rings is 2. The number of pyridine rings is 1. The molecule has 2 heterocycles. The standard InChI is InChI=1S/C28H32N6O4/c1-28(2,17-35)23(36)16-34-22-13-5-4-11-20(22)24(21-12-6-7-14-30-21)32-25(26(34)37)33-27(38)31-19-10-8-9-18(15-19)29-3/h4-15,24-25,29,32,35H,16-17H2,1-3H3,(H2,31,33,38)/t24?,25-/m0/s1. The van der Waals surface area contributed by atoms with E-state index >= 15 is 0 Å². The molecule has 10 heteroatoms. The molecule has 0 saturated carbocycles. The lowest BCUT2D eigenvalue weighted by Crippen LogP contribution is -2.57. The summed E-state index contributed by atoms with van der Waals surface area (Å²) < 4.78 is 0. The maximum absolute atomic E-state index is 13.9. The molecule has 3 amide bonds. The third-order valence-electron chi connectivity index (χ3n) is 6.50. The second-order valence-corrected chi connectivity index (χ2v) is 9.66. The average molecular weight is 517 g/mol. The van der Waals surface area contributed by atoms with Crippen LogP contribution in [0.4, 0.5) is 21.9 Å². The van der Waals surface area contributed by atoms with Gasteiger partial charge in [-0.1, -0.05) is 44.2 Å². The van der Waals surface area contributed by atoms with Gasteiger partial charge in [-0.05, 0) is 42.0 Å². The number of aliphatic hydroxyl groups excluding tert-OH is 1. The van der Waals surface area contributed by atoms with Gasteiger partial charge >= 0.3 is 6.03 Å². The molecular weight excluding hydrogens is 484 g/mol. The number of nitrogens with one attached hydrogen (secondary N) is 4. The molecule has 3 aromatic rings. The summed E-state index contributed by atoms with van der Waals surface area (Å²) in [5.41, 5.74) is 2.19. The molecule has 0 bridgehead atoms. The smallest absolute Gasteiger partial charge is 0.320 e. The third kappa shape index (κ3) is 5.82. The number of amides is 3. The first-order valence-electron chi connectivity index (χ1n) is 12.3. The Balaban J connectivity index is 1.70. The van der Waals surface area contributed by atoms with E-state index < -0.39 is 29.6 Å². The highest BCUT2D eigenvalue weighted by molar-refractivity contribution is 6.05. The van der Waals surface area contributed by atoms with Crippen LogP contribution in [0.15, 0.2) is 72.9 Å². The normalized spacial score (nSPS) is 17.3. The Morgan fingerprint density at radius 2 is 1.79 bits per heavy atom. The first-order chi connectivity index (χ1) is 18.2. The topological polar surface area (TPSA) is 136 Å². The van der Waals surface area contributed by atoms with Gasteiger partial charge in [0.25, 0.3) is 5.91 Å². The summed E-state index contributed by atoms with van der Waals surface area (Å²) >= 11 is 0. The maximum atomic E-state index is 13.9. The summed E-state index contributed by atoms with van der Waals surface area (Å²) in [5, 5.41) is 21.5. The molecule has 1 aliphatic heterocycles. The van der Waals surface area contributed by atoms with Crippen molar-refractivity contribution >= 4 is 34.8 Å². The van der Waals surface area contributed by atoms with Crippen molar-refractivity contribution in [2.24, 2.45) is 5.41 Å². The lowest BCUT2D eigenvalue weighted by molar-refractivity contribution is -0.130. The number of aliphatic hydroxyl groups is 1. The van der Waals surface area contributed by atoms with Crippen molar-refractivity contribution in [1.82, 2.24) is 15.6 Å². The van der Waals surface area contributed by atoms with Gasteiger partial charge in [0.05, 0.1) is 24.9 Å². The van der Waals surface area contributed by atoms with Crippen LogP contribution in [-0.2, 0) is 9.59 Å². The van der Waals surface area contributed by atoms with Crippen LogP contribution in [-0.4, -0.2) is 54.2 Å². The van der Waals surface area contributed by atoms with E-state index in [0.717, 1.165) is 11.3 Å². The quantitative estimate of drug-likeness (QED) is 0.311. The van der Waals surface area contributed by atoms with E-state index in [0.29, 0.717) is 17.1 Å². The maximum Gasteiger partial charge on any atom is 0.320 e. The summed E-state index contributed by atoms with van der Waals surface area (Å²) in [6.45, 7) is 2.62. The first kappa shape index (κ1) is 26.8. The number of anilines is 3. The Morgan fingerprint density at radius 1 is 1.05 bits per heavy atom. The highest BCUT2D eigenvalue weighted by Gasteiger charge is 2.39. The van der Waals surface area contributed by atoms with Gasteiger partial charge in [0, 0.05) is 35.7 Å². The average Bonchev–Trinajstić information content (AvgIpc) is 3.04. The van der Waals surface area contributed by atoms with Crippen LogP contribution in [0.2, 0.25) is 0 Å². The highest BCUT2D eigenvalue weighted by Crippen LogP contribution is 2.34. The van der Waals surface area contributed by atoms with Crippen molar-refractivity contribution in [2.75, 3.05) is 35.7 Å². The number of nitrogens with zero attached hydrogens (tertiary/aromatic N) is 2. The fraction of sp³-hybridized carbons (Fsp3) is 0.286. The summed E-state index contributed by atoms with van der Waals surface area (Å²) in [7, 11) is 1.77. The zero-order chi connectivity index (χ0) is 27.3. The number of urea groups is 1. The van der Waals surface area contributed by atoms with Crippen molar-refractivity contribution in [1.29, 1.82) is 0 Å². The van der Waals surface area contributed by atoms with E-state index in [9.17, 15) is 19.5 Å². The van der Waals surface area contributed by atoms with Crippen LogP contribution >= 0.6 is 0 Å². The monoisotopic (exact) mass is 516 g/mol. The molecule has 0 fully saturated rings. The molecule has 1 aliphatic rings. The number of rotatable bonds is 8. The number of fused-ring (bicyclic) bond motifs is 1. The van der Waals surface area contributed by atoms with Crippen LogP contribution in [0.5, 0.6) is 0 Å². The molecule has 10 nitrogen and oxygen atoms in total. The van der Waals surface area contributed by atoms with E-state index in [4.69, 9.17) is 0 Å². The molecule has 5 N–H and O–H groups in total. The minimum atomic E-state index is -1.19. The Bertz CT molecular complexity index is 1310. The number of hydrogen-bond donors (Lipinski definition) is 5. The zero-order valence-corrected chi connectivity index (χ0v) is 21.6. The molecule has 198 valence electrons. The van der Waals surface area contributed by atoms with Gasteiger partial charge in [-0.15, -0.1) is 0 Å². The predicted octanol–water partition coefficient (Wildman–Crippen LogP) is 2.88. The van der Waals surface area contributed by atoms with Gasteiger partial charge in [-0.25, -0.2) is 4.79 Å². The lowest BCUT2D eigenvalue weighted by Gasteiger charge is -2.29. The van der Waals surface area contributed by atoms with Crippen molar-refractivity contribution in [3.63, 3.8) is 0 Å². The zero-order valence-electron chi connectivity index (χ0n) is 21.6. The lowest BCUT2D eigenvalue weighted by atomic mass is 9.88. The summed E-state index contributed by atoms with van der Waals surface area (Å²) in [6.07, 6.45) is 0.466. The third-order valence-corrected chi connectivity index (χ3v) is 6.50. The van der Waals surface area contributed by atoms with Crippen molar-refractivity contribution in [2.45, 2.75) is 26.1 Å². The number of para-hydroxylation sites is 1. The van der Waals surface area contributed by atoms with E-state index in [1.54, 1.807) is 63.5 Å². The Kier molecular flexibility index (Phi) is 8.04. The van der Waals surface area contributed by atoms with E-state index in [1.165, 1.54) is 4.90 Å². The molecule has 0 aliphatic carbocycles. The van der Waals surface area contributed by atoms with E-state index in [2.05, 4.69) is 26.3 Å². The molecular formula is C28H32N6O4. The Hall–Kier alpha value is -4.28. The van der Waals surface area contributed by atoms with Crippen molar-refractivity contribution < 1.29 is 19.5 Å². The summed E-state index contributed by atoms with van der Waals surface area (Å²) in [6, 6.07) is 18.7. The van der Waals surface area contributed by atoms with Gasteiger partial charge in [0.2, 0.25) is 0 Å². The largest absolute Gasteiger partial charge is 0.395 e. The number of ketones is 1. The molecule has 1 unspecified atom stereocenters. The van der Waals surface area contributed by atoms with Gasteiger partial charge in [-0.3, -0.25) is 19.9 Å². The van der Waals surface area contributed by atoms with Crippen LogP contribution in [0.25, 0.3) is 0 Å². The van der Waals surface area contributed by atoms with Gasteiger partial charge in [0.15, 0.2) is 11.9 Å². The van der Waals surface area contributed by atoms with Gasteiger partial charge in [-0.2, -0.15) is 0 Å². The molecule has 38 heavy (non-hydrogen) atoms. The number of aromatic nitrogens is 1. The van der Waals surface area contributed by atoms with Crippen LogP contribution in [0.1, 0.15) is 31.1 Å². The number of hydrogen-bond acceptors (Lipinski definition) is 7. The highest BCUT2D eigenvalue weighted by atomic mass is 16.3. The molecule has 4 rings (SSSR count). The summed E-state index contributed by atoms with van der Waals surface area (Å²) in [5.74, 6) is -0.830. The summed E-state index contributed by atoms with van der Waals surface area (Å²) in [4.78, 5) is 45.9. The minimum absolute atomic E-state index is 0.274. The van der Waals surface area contributed by atoms with Gasteiger partial charge in [0.1, 0.15) is 0 Å². The predicted molar refractivity (Wildman–Crippen MR) is 146 cm³/mol. The second-order valence-electron chi connectivity index (χ2n) is 9.66. The first-order valence-corrected chi connectivity index (χ1v) is 12.3. The molecule has 0 radical (unpaired) electrons. The molecule has 0 saturated heterocycles. The fourth-order valence-electron chi connectivity index (χ4n) is 4.13. The Labute approximate surface area is 221 Å². The number of carbonyl (C=O) groups excluding carboxylic acids is 3. The van der Waals surface area contributed by atoms with Crippen LogP contribution < -0.4 is 26.2 Å². The molecule has 2 aromatic carbocycles. The van der Waals surface area contributed by atoms with Crippen LogP contribution in [0, 0.1) is 5.41 Å². The van der Waals surface area contributed by atoms with E-state index in [1.807, 2.05) is 30.3 Å². The van der Waals surface area contributed by atoms with Crippen LogP contribution in [0.3, 0.4) is 0 Å². The number of Topliss-reactive ketones (excluding diaryl/α,β-unsaturated/α-hetero) is 1. The number of carbonyl (C=O) groups is 3. The Morgan fingerprint density at radius 3 is 2.50 bits per heavy atom. The molecule has 0 spiro atoms. The molecule has 1 aromatic heterocycles. The SMILES string of the molecule is CNc1cccc(NC(=O)N[C@@H]2NC(c3ccccn3)c3ccccc3N(CC(=O)C(C)(C)CO)C2=O)c1. The second kappa shape index (κ2) is 11.4. The van der Waals surface area contributed by atoms with Crippen molar-refractivity contribution in [3.8, 4) is 0 Å². The van der Waals surface area contributed by atoms with E-state index in [-0.39, 0.29) is 18.9 Å². The minimum Gasteiger partial charge on any atom is -0.395 e.